The van der Waals surface area contributed by atoms with Crippen molar-refractivity contribution in [3.05, 3.63) is 18.2 Å². The van der Waals surface area contributed by atoms with E-state index in [1.54, 1.807) is 0 Å². The molecule has 3 aliphatic heterocycles. The zero-order chi connectivity index (χ0) is 18.5. The number of anilines is 2. The molecule has 0 saturated carbocycles. The minimum Gasteiger partial charge on any atom is -0.487 e. The van der Waals surface area contributed by atoms with E-state index in [4.69, 9.17) is 4.74 Å². The number of carbonyl (C=O) groups is 2. The zero-order valence-corrected chi connectivity index (χ0v) is 15.6. The first kappa shape index (κ1) is 18.5. The van der Waals surface area contributed by atoms with Gasteiger partial charge in [0.05, 0.1) is 17.9 Å². The smallest absolute Gasteiger partial charge is 0.249 e. The van der Waals surface area contributed by atoms with Gasteiger partial charge in [0, 0.05) is 32.6 Å². The molecule has 4 rings (SSSR count). The lowest BCUT2D eigenvalue weighted by atomic mass is 10.0. The van der Waals surface area contributed by atoms with E-state index < -0.39 is 0 Å². The molecule has 2 amide bonds. The van der Waals surface area contributed by atoms with Crippen LogP contribution in [0.1, 0.15) is 26.7 Å². The van der Waals surface area contributed by atoms with Crippen molar-refractivity contribution in [1.82, 2.24) is 10.6 Å². The summed E-state index contributed by atoms with van der Waals surface area (Å²) in [6, 6.07) is 5.80. The minimum atomic E-state index is -0.302. The van der Waals surface area contributed by atoms with E-state index in [1.807, 2.05) is 26.0 Å². The van der Waals surface area contributed by atoms with Gasteiger partial charge in [-0.1, -0.05) is 19.9 Å². The predicted molar refractivity (Wildman–Crippen MR) is 102 cm³/mol. The van der Waals surface area contributed by atoms with Gasteiger partial charge >= 0.3 is 0 Å². The van der Waals surface area contributed by atoms with Crippen LogP contribution in [0, 0.1) is 0 Å². The number of amides is 2. The first-order valence-corrected chi connectivity index (χ1v) is 9.56. The molecule has 1 unspecified atom stereocenters. The van der Waals surface area contributed by atoms with Crippen molar-refractivity contribution < 1.29 is 14.3 Å². The van der Waals surface area contributed by atoms with Crippen LogP contribution in [0.5, 0.6) is 5.75 Å². The number of ether oxygens (including phenoxy) is 1. The third-order valence-corrected chi connectivity index (χ3v) is 4.91. The molecule has 2 N–H and O–H groups in total. The maximum Gasteiger partial charge on any atom is 0.249 e. The van der Waals surface area contributed by atoms with Crippen LogP contribution in [-0.4, -0.2) is 57.2 Å². The van der Waals surface area contributed by atoms with Crippen molar-refractivity contribution in [2.45, 2.75) is 32.7 Å². The summed E-state index contributed by atoms with van der Waals surface area (Å²) in [5.41, 5.74) is 2.04. The van der Waals surface area contributed by atoms with Crippen LogP contribution in [0.15, 0.2) is 18.2 Å². The molecule has 142 valence electrons. The van der Waals surface area contributed by atoms with Gasteiger partial charge in [0.15, 0.2) is 5.75 Å². The molecule has 0 spiro atoms. The summed E-state index contributed by atoms with van der Waals surface area (Å²) < 4.78 is 5.98. The minimum absolute atomic E-state index is 0.181. The Balaban J connectivity index is 0.000000948. The van der Waals surface area contributed by atoms with Crippen LogP contribution in [0.4, 0.5) is 11.4 Å². The van der Waals surface area contributed by atoms with Crippen molar-refractivity contribution in [1.29, 1.82) is 0 Å². The van der Waals surface area contributed by atoms with Gasteiger partial charge in [-0.2, -0.15) is 0 Å². The average Bonchev–Trinajstić information content (AvgIpc) is 2.69. The number of para-hydroxylation sites is 1. The molecule has 0 aromatic heterocycles. The Bertz CT molecular complexity index is 658. The number of imide groups is 1. The van der Waals surface area contributed by atoms with Crippen molar-refractivity contribution in [3.8, 4) is 5.75 Å². The van der Waals surface area contributed by atoms with Gasteiger partial charge in [0.1, 0.15) is 12.6 Å². The highest BCUT2D eigenvalue weighted by atomic mass is 16.5. The maximum atomic E-state index is 12.3. The molecular weight excluding hydrogens is 332 g/mol. The van der Waals surface area contributed by atoms with E-state index in [9.17, 15) is 9.59 Å². The summed E-state index contributed by atoms with van der Waals surface area (Å²) in [5.74, 6) is 0.473. The Morgan fingerprint density at radius 3 is 2.54 bits per heavy atom. The number of rotatable bonds is 2. The van der Waals surface area contributed by atoms with Crippen molar-refractivity contribution >= 4 is 23.2 Å². The fourth-order valence-electron chi connectivity index (χ4n) is 3.71. The number of hydrogen-bond acceptors (Lipinski definition) is 6. The molecular formula is C19H28N4O3. The molecule has 1 aromatic rings. The number of nitrogens with one attached hydrogen (secondary N) is 2. The Morgan fingerprint density at radius 1 is 1.08 bits per heavy atom. The molecule has 1 aromatic carbocycles. The summed E-state index contributed by atoms with van der Waals surface area (Å²) in [5, 5.41) is 5.81. The normalized spacial score (nSPS) is 22.6. The Morgan fingerprint density at radius 2 is 1.81 bits per heavy atom. The summed E-state index contributed by atoms with van der Waals surface area (Å²) in [4.78, 5) is 28.1. The van der Waals surface area contributed by atoms with Crippen molar-refractivity contribution in [2.75, 3.05) is 49.1 Å². The number of nitrogens with zero attached hydrogens (tertiary/aromatic N) is 2. The Hall–Kier alpha value is -2.28. The van der Waals surface area contributed by atoms with Crippen molar-refractivity contribution in [3.63, 3.8) is 0 Å². The molecule has 3 aliphatic rings. The molecule has 7 heteroatoms. The summed E-state index contributed by atoms with van der Waals surface area (Å²) >= 11 is 0. The van der Waals surface area contributed by atoms with Gasteiger partial charge < -0.3 is 19.9 Å². The standard InChI is InChI=1S/C17H22N4O3.C2H6/c22-15-5-4-14(17(23)19-15)21-10-11-24-16-12(2-1-3-13(16)21)20-8-6-18-7-9-20;1-2/h1-3,14,18H,4-11H2,(H,19,22,23);1-2H3. The van der Waals surface area contributed by atoms with Crippen LogP contribution in [0.2, 0.25) is 0 Å². The number of fused-ring (bicyclic) bond motifs is 1. The first-order valence-electron chi connectivity index (χ1n) is 9.56. The second kappa shape index (κ2) is 8.40. The van der Waals surface area contributed by atoms with Gasteiger partial charge in [-0.05, 0) is 18.6 Å². The van der Waals surface area contributed by atoms with E-state index in [1.165, 1.54) is 0 Å². The van der Waals surface area contributed by atoms with Crippen LogP contribution in [0.3, 0.4) is 0 Å². The monoisotopic (exact) mass is 360 g/mol. The van der Waals surface area contributed by atoms with Crippen LogP contribution >= 0.6 is 0 Å². The molecule has 2 fully saturated rings. The van der Waals surface area contributed by atoms with Gasteiger partial charge in [0.25, 0.3) is 0 Å². The Kier molecular flexibility index (Phi) is 5.98. The van der Waals surface area contributed by atoms with E-state index in [0.29, 0.717) is 26.0 Å². The fraction of sp³-hybridized carbons (Fsp3) is 0.579. The van der Waals surface area contributed by atoms with E-state index in [-0.39, 0.29) is 17.9 Å². The maximum absolute atomic E-state index is 12.3. The molecule has 3 heterocycles. The number of piperidine rings is 1. The van der Waals surface area contributed by atoms with E-state index in [0.717, 1.165) is 43.3 Å². The van der Waals surface area contributed by atoms with Crippen LogP contribution < -0.4 is 25.2 Å². The first-order chi connectivity index (χ1) is 12.7. The number of carbonyl (C=O) groups excluding carboxylic acids is 2. The van der Waals surface area contributed by atoms with Gasteiger partial charge in [-0.25, -0.2) is 0 Å². The second-order valence-corrected chi connectivity index (χ2v) is 6.37. The largest absolute Gasteiger partial charge is 0.487 e. The lowest BCUT2D eigenvalue weighted by Gasteiger charge is -2.40. The quantitative estimate of drug-likeness (QED) is 0.770. The number of piperazine rings is 1. The third kappa shape index (κ3) is 3.62. The second-order valence-electron chi connectivity index (χ2n) is 6.37. The van der Waals surface area contributed by atoms with Crippen LogP contribution in [0.25, 0.3) is 0 Å². The highest BCUT2D eigenvalue weighted by molar-refractivity contribution is 6.02. The van der Waals surface area contributed by atoms with E-state index in [2.05, 4.69) is 26.5 Å². The SMILES string of the molecule is CC.O=C1CCC(N2CCOc3c(N4CCNCC4)cccc32)C(=O)N1. The molecule has 2 saturated heterocycles. The summed E-state index contributed by atoms with van der Waals surface area (Å²) in [7, 11) is 0. The van der Waals surface area contributed by atoms with Gasteiger partial charge in [0.2, 0.25) is 11.8 Å². The summed E-state index contributed by atoms with van der Waals surface area (Å²) in [6.07, 6.45) is 0.947. The molecule has 26 heavy (non-hydrogen) atoms. The van der Waals surface area contributed by atoms with E-state index >= 15 is 0 Å². The Labute approximate surface area is 154 Å². The number of hydrogen-bond donors (Lipinski definition) is 2. The summed E-state index contributed by atoms with van der Waals surface area (Å²) in [6.45, 7) is 9.01. The van der Waals surface area contributed by atoms with Gasteiger partial charge in [-0.3, -0.25) is 14.9 Å². The molecule has 0 aliphatic carbocycles. The molecule has 7 nitrogen and oxygen atoms in total. The lowest BCUT2D eigenvalue weighted by Crippen LogP contribution is -2.54. The topological polar surface area (TPSA) is 73.9 Å². The highest BCUT2D eigenvalue weighted by Gasteiger charge is 2.35. The predicted octanol–water partition coefficient (Wildman–Crippen LogP) is 1.13. The molecule has 1 atom stereocenters. The van der Waals surface area contributed by atoms with Gasteiger partial charge in [-0.15, -0.1) is 0 Å². The molecule has 0 bridgehead atoms. The van der Waals surface area contributed by atoms with Crippen LogP contribution in [-0.2, 0) is 9.59 Å². The fourth-order valence-corrected chi connectivity index (χ4v) is 3.71. The zero-order valence-electron chi connectivity index (χ0n) is 15.6. The lowest BCUT2D eigenvalue weighted by molar-refractivity contribution is -0.134. The highest BCUT2D eigenvalue weighted by Crippen LogP contribution is 2.41. The van der Waals surface area contributed by atoms with Crippen molar-refractivity contribution in [2.24, 2.45) is 0 Å². The third-order valence-electron chi connectivity index (χ3n) is 4.91. The average molecular weight is 360 g/mol. The number of benzene rings is 1. The molecule has 0 radical (unpaired) electrons.